The minimum atomic E-state index is 0.172. The normalized spacial score (nSPS) is 16.6. The number of benzene rings is 1. The Balaban J connectivity index is 2.32. The average Bonchev–Trinajstić information content (AvgIpc) is 2.34. The van der Waals surface area contributed by atoms with Crippen LogP contribution in [0.25, 0.3) is 0 Å². The average molecular weight is 231 g/mol. The summed E-state index contributed by atoms with van der Waals surface area (Å²) in [5.74, 6) is 0.423. The van der Waals surface area contributed by atoms with Crippen molar-refractivity contribution < 1.29 is 9.59 Å². The molecule has 0 fully saturated rings. The Morgan fingerprint density at radius 2 is 2.18 bits per heavy atom. The highest BCUT2D eigenvalue weighted by molar-refractivity contribution is 5.95. The van der Waals surface area contributed by atoms with Gasteiger partial charge in [0.15, 0.2) is 0 Å². The predicted octanol–water partition coefficient (Wildman–Crippen LogP) is 2.29. The van der Waals surface area contributed by atoms with Gasteiger partial charge in [-0.3, -0.25) is 4.79 Å². The molecule has 1 aliphatic rings. The number of fused-ring (bicyclic) bond motifs is 1. The summed E-state index contributed by atoms with van der Waals surface area (Å²) in [4.78, 5) is 23.8. The molecule has 1 heterocycles. The van der Waals surface area contributed by atoms with Crippen LogP contribution in [0.1, 0.15) is 36.8 Å². The van der Waals surface area contributed by atoms with Crippen LogP contribution in [0, 0.1) is 0 Å². The van der Waals surface area contributed by atoms with Gasteiger partial charge >= 0.3 is 0 Å². The monoisotopic (exact) mass is 231 g/mol. The van der Waals surface area contributed by atoms with E-state index in [9.17, 15) is 9.59 Å². The summed E-state index contributed by atoms with van der Waals surface area (Å²) in [6.07, 6.45) is 2.89. The highest BCUT2D eigenvalue weighted by Crippen LogP contribution is 2.30. The van der Waals surface area contributed by atoms with Gasteiger partial charge in [0.1, 0.15) is 6.29 Å². The minimum Gasteiger partial charge on any atom is -0.315 e. The molecule has 17 heavy (non-hydrogen) atoms. The number of nitrogens with zero attached hydrogens (tertiary/aromatic N) is 1. The van der Waals surface area contributed by atoms with E-state index in [1.807, 2.05) is 26.1 Å². The van der Waals surface area contributed by atoms with Crippen molar-refractivity contribution in [3.63, 3.8) is 0 Å². The minimum absolute atomic E-state index is 0.172. The summed E-state index contributed by atoms with van der Waals surface area (Å²) >= 11 is 0. The highest BCUT2D eigenvalue weighted by atomic mass is 16.2. The fraction of sp³-hybridized carbons (Fsp3) is 0.429. The third-order valence-corrected chi connectivity index (χ3v) is 3.47. The van der Waals surface area contributed by atoms with E-state index in [2.05, 4.69) is 6.07 Å². The third-order valence-electron chi connectivity index (χ3n) is 3.47. The second-order valence-corrected chi connectivity index (χ2v) is 4.64. The first-order valence-corrected chi connectivity index (χ1v) is 5.96. The van der Waals surface area contributed by atoms with Gasteiger partial charge in [-0.25, -0.2) is 0 Å². The number of hydrogen-bond acceptors (Lipinski definition) is 2. The van der Waals surface area contributed by atoms with Gasteiger partial charge in [0, 0.05) is 25.6 Å². The second-order valence-electron chi connectivity index (χ2n) is 4.64. The Morgan fingerprint density at radius 1 is 1.41 bits per heavy atom. The molecule has 1 aromatic carbocycles. The van der Waals surface area contributed by atoms with Crippen LogP contribution in [0.2, 0.25) is 0 Å². The van der Waals surface area contributed by atoms with Gasteiger partial charge in [0.2, 0.25) is 5.91 Å². The molecule has 0 saturated carbocycles. The molecule has 0 N–H and O–H groups in total. The summed E-state index contributed by atoms with van der Waals surface area (Å²) in [7, 11) is 1.81. The Morgan fingerprint density at radius 3 is 2.88 bits per heavy atom. The first kappa shape index (κ1) is 11.8. The van der Waals surface area contributed by atoms with Crippen LogP contribution in [0.4, 0.5) is 5.69 Å². The lowest BCUT2D eigenvalue weighted by Gasteiger charge is -2.26. The van der Waals surface area contributed by atoms with E-state index in [1.54, 1.807) is 4.90 Å². The van der Waals surface area contributed by atoms with E-state index < -0.39 is 0 Å². The number of rotatable bonds is 3. The first-order valence-electron chi connectivity index (χ1n) is 5.96. The van der Waals surface area contributed by atoms with Crippen molar-refractivity contribution in [3.8, 4) is 0 Å². The van der Waals surface area contributed by atoms with Crippen molar-refractivity contribution >= 4 is 17.9 Å². The summed E-state index contributed by atoms with van der Waals surface area (Å²) < 4.78 is 0. The van der Waals surface area contributed by atoms with Crippen LogP contribution < -0.4 is 4.90 Å². The van der Waals surface area contributed by atoms with Gasteiger partial charge in [-0.05, 0) is 29.5 Å². The second kappa shape index (κ2) is 4.70. The van der Waals surface area contributed by atoms with Crippen molar-refractivity contribution in [2.24, 2.45) is 0 Å². The lowest BCUT2D eigenvalue weighted by atomic mass is 9.92. The Labute approximate surface area is 101 Å². The molecule has 1 atom stereocenters. The van der Waals surface area contributed by atoms with E-state index in [4.69, 9.17) is 0 Å². The molecule has 1 unspecified atom stereocenters. The van der Waals surface area contributed by atoms with Gasteiger partial charge in [0.05, 0.1) is 0 Å². The van der Waals surface area contributed by atoms with Gasteiger partial charge in [0.25, 0.3) is 0 Å². The summed E-state index contributed by atoms with van der Waals surface area (Å²) in [5, 5.41) is 0. The lowest BCUT2D eigenvalue weighted by molar-refractivity contribution is -0.118. The van der Waals surface area contributed by atoms with Crippen molar-refractivity contribution in [2.75, 3.05) is 11.9 Å². The summed E-state index contributed by atoms with van der Waals surface area (Å²) in [5.41, 5.74) is 3.39. The summed E-state index contributed by atoms with van der Waals surface area (Å²) in [6.45, 7) is 2.05. The van der Waals surface area contributed by atoms with E-state index >= 15 is 0 Å². The van der Waals surface area contributed by atoms with E-state index in [0.717, 1.165) is 18.4 Å². The van der Waals surface area contributed by atoms with Gasteiger partial charge in [-0.1, -0.05) is 19.1 Å². The van der Waals surface area contributed by atoms with Crippen molar-refractivity contribution in [2.45, 2.75) is 32.1 Å². The zero-order valence-corrected chi connectivity index (χ0v) is 10.3. The van der Waals surface area contributed by atoms with Crippen LogP contribution in [0.5, 0.6) is 0 Å². The number of carbonyl (C=O) groups is 2. The number of anilines is 1. The maximum atomic E-state index is 11.6. The number of aldehydes is 1. The fourth-order valence-electron chi connectivity index (χ4n) is 2.26. The molecule has 1 aliphatic heterocycles. The van der Waals surface area contributed by atoms with E-state index in [-0.39, 0.29) is 11.8 Å². The molecule has 0 radical (unpaired) electrons. The maximum absolute atomic E-state index is 11.6. The Bertz CT molecular complexity index is 454. The molecule has 90 valence electrons. The number of carbonyl (C=O) groups excluding carboxylic acids is 2. The first-order chi connectivity index (χ1) is 8.13. The molecule has 2 rings (SSSR count). The number of aryl methyl sites for hydroxylation is 1. The molecule has 3 heteroatoms. The molecule has 0 saturated heterocycles. The van der Waals surface area contributed by atoms with Gasteiger partial charge in [-0.15, -0.1) is 0 Å². The van der Waals surface area contributed by atoms with Crippen molar-refractivity contribution in [1.29, 1.82) is 0 Å². The van der Waals surface area contributed by atoms with Crippen LogP contribution in [0.3, 0.4) is 0 Å². The zero-order valence-electron chi connectivity index (χ0n) is 10.3. The Kier molecular flexibility index (Phi) is 3.27. The quantitative estimate of drug-likeness (QED) is 0.748. The number of hydrogen-bond donors (Lipinski definition) is 0. The van der Waals surface area contributed by atoms with Crippen LogP contribution in [-0.2, 0) is 16.0 Å². The molecular formula is C14H17NO2. The fourth-order valence-corrected chi connectivity index (χ4v) is 2.26. The molecule has 3 nitrogen and oxygen atoms in total. The standard InChI is InChI=1S/C14H17NO2/c1-10(7-8-16)11-3-5-13-12(9-11)4-6-14(17)15(13)2/h3,5,8-10H,4,6-7H2,1-2H3. The van der Waals surface area contributed by atoms with E-state index in [0.29, 0.717) is 12.8 Å². The predicted molar refractivity (Wildman–Crippen MR) is 67.3 cm³/mol. The molecule has 0 aliphatic carbocycles. The smallest absolute Gasteiger partial charge is 0.227 e. The Hall–Kier alpha value is -1.64. The lowest BCUT2D eigenvalue weighted by Crippen LogP contribution is -2.31. The molecule has 1 aromatic rings. The highest BCUT2D eigenvalue weighted by Gasteiger charge is 2.21. The molecular weight excluding hydrogens is 214 g/mol. The maximum Gasteiger partial charge on any atom is 0.227 e. The van der Waals surface area contributed by atoms with Crippen LogP contribution in [0.15, 0.2) is 18.2 Å². The summed E-state index contributed by atoms with van der Waals surface area (Å²) in [6, 6.07) is 6.14. The molecule has 0 aromatic heterocycles. The third kappa shape index (κ3) is 2.23. The molecule has 1 amide bonds. The van der Waals surface area contributed by atoms with Crippen molar-refractivity contribution in [3.05, 3.63) is 29.3 Å². The zero-order chi connectivity index (χ0) is 12.4. The topological polar surface area (TPSA) is 37.4 Å². The van der Waals surface area contributed by atoms with Crippen LogP contribution >= 0.6 is 0 Å². The SMILES string of the molecule is CC(CC=O)c1ccc2c(c1)CCC(=O)N2C. The van der Waals surface area contributed by atoms with Gasteiger partial charge in [-0.2, -0.15) is 0 Å². The van der Waals surface area contributed by atoms with Crippen LogP contribution in [-0.4, -0.2) is 19.2 Å². The largest absolute Gasteiger partial charge is 0.315 e. The van der Waals surface area contributed by atoms with Crippen molar-refractivity contribution in [1.82, 2.24) is 0 Å². The molecule has 0 spiro atoms. The number of amides is 1. The molecule has 0 bridgehead atoms. The van der Waals surface area contributed by atoms with Gasteiger partial charge < -0.3 is 9.69 Å². The van der Waals surface area contributed by atoms with E-state index in [1.165, 1.54) is 11.1 Å².